The van der Waals surface area contributed by atoms with E-state index in [-0.39, 0.29) is 39.7 Å². The molecule has 0 saturated carbocycles. The lowest BCUT2D eigenvalue weighted by Crippen LogP contribution is -2.65. The lowest BCUT2D eigenvalue weighted by atomic mass is 9.86. The molecule has 0 spiro atoms. The Morgan fingerprint density at radius 1 is 1.15 bits per heavy atom. The van der Waals surface area contributed by atoms with Gasteiger partial charge in [-0.1, -0.05) is 66.7 Å². The summed E-state index contributed by atoms with van der Waals surface area (Å²) in [6.07, 6.45) is 2.00. The molecule has 2 heterocycles. The zero-order valence-electron chi connectivity index (χ0n) is 22.1. The molecule has 2 aliphatic heterocycles. The maximum absolute atomic E-state index is 7.08. The van der Waals surface area contributed by atoms with Crippen LogP contribution in [0, 0.1) is 11.8 Å². The largest absolute Gasteiger partial charge is 0.497 e. The highest BCUT2D eigenvalue weighted by Crippen LogP contribution is 2.58. The Bertz CT molecular complexity index is 795. The van der Waals surface area contributed by atoms with Crippen LogP contribution in [0.4, 0.5) is 0 Å². The van der Waals surface area contributed by atoms with Crippen LogP contribution in [0.25, 0.3) is 0 Å². The summed E-state index contributed by atoms with van der Waals surface area (Å²) in [4.78, 5) is 0. The van der Waals surface area contributed by atoms with Crippen LogP contribution in [0.2, 0.25) is 10.1 Å². The summed E-state index contributed by atoms with van der Waals surface area (Å²) < 4.78 is 31.4. The van der Waals surface area contributed by atoms with E-state index in [1.807, 2.05) is 30.3 Å². The van der Waals surface area contributed by atoms with Crippen LogP contribution in [0.15, 0.2) is 36.9 Å². The number of hydrogen-bond acceptors (Lipinski definition) is 5. The summed E-state index contributed by atoms with van der Waals surface area (Å²) in [5.74, 6) is 1.22. The zero-order chi connectivity index (χ0) is 24.7. The average molecular weight is 477 g/mol. The minimum atomic E-state index is -2.59. The lowest BCUT2D eigenvalue weighted by molar-refractivity contribution is -0.0432. The molecule has 3 rings (SSSR count). The molecule has 6 heteroatoms. The highest BCUT2D eigenvalue weighted by molar-refractivity contribution is 6.73. The normalized spacial score (nSPS) is 30.5. The molecule has 0 aromatic heterocycles. The highest BCUT2D eigenvalue weighted by atomic mass is 28.4. The Balaban J connectivity index is 1.67. The van der Waals surface area contributed by atoms with Gasteiger partial charge < -0.3 is 23.1 Å². The molecule has 33 heavy (non-hydrogen) atoms. The third-order valence-corrected chi connectivity index (χ3v) is 12.3. The summed E-state index contributed by atoms with van der Waals surface area (Å²) >= 11 is 0. The zero-order valence-corrected chi connectivity index (χ0v) is 23.1. The van der Waals surface area contributed by atoms with Gasteiger partial charge >= 0.3 is 8.56 Å². The van der Waals surface area contributed by atoms with Gasteiger partial charge in [0.2, 0.25) is 0 Å². The fraction of sp³-hybridized carbons (Fsp3) is 0.704. The van der Waals surface area contributed by atoms with Crippen molar-refractivity contribution >= 4 is 8.56 Å². The van der Waals surface area contributed by atoms with Gasteiger partial charge in [-0.05, 0) is 24.6 Å². The summed E-state index contributed by atoms with van der Waals surface area (Å²) in [5.41, 5.74) is 0.772. The maximum atomic E-state index is 7.08. The molecule has 2 aliphatic rings. The van der Waals surface area contributed by atoms with E-state index in [2.05, 4.69) is 62.0 Å². The first-order valence-corrected chi connectivity index (χ1v) is 13.9. The van der Waals surface area contributed by atoms with Gasteiger partial charge in [0.05, 0.1) is 32.5 Å². The molecule has 0 bridgehead atoms. The van der Waals surface area contributed by atoms with Gasteiger partial charge in [0.1, 0.15) is 11.4 Å². The second-order valence-corrected chi connectivity index (χ2v) is 16.7. The monoisotopic (exact) mass is 476 g/mol. The summed E-state index contributed by atoms with van der Waals surface area (Å²) in [7, 11) is -0.913. The summed E-state index contributed by atoms with van der Waals surface area (Å²) in [6, 6.07) is 7.99. The van der Waals surface area contributed by atoms with Crippen molar-refractivity contribution in [3.63, 3.8) is 0 Å². The summed E-state index contributed by atoms with van der Waals surface area (Å²) in [6.45, 7) is 23.8. The standard InChI is InChI=1S/C27H44O5Si/c1-11-21-18-30-33(25(3,4)5,26(6,7)8)32-24(21)27(9)23(31-27)19(2)16-29-17-20-12-14-22(28-10)15-13-20/h11-15,19,21,23-24H,1,16-18H2,2-10H3/t19-,21-,23+,24-,27-/m0/s1. The number of ether oxygens (including phenoxy) is 3. The van der Waals surface area contributed by atoms with Gasteiger partial charge in [0.15, 0.2) is 0 Å². The van der Waals surface area contributed by atoms with E-state index < -0.39 is 8.56 Å². The number of hydrogen-bond donors (Lipinski definition) is 0. The smallest absolute Gasteiger partial charge is 0.349 e. The van der Waals surface area contributed by atoms with E-state index in [0.29, 0.717) is 19.8 Å². The van der Waals surface area contributed by atoms with Gasteiger partial charge in [-0.25, -0.2) is 0 Å². The minimum Gasteiger partial charge on any atom is -0.497 e. The quantitative estimate of drug-likeness (QED) is 0.252. The molecule has 2 fully saturated rings. The first-order chi connectivity index (χ1) is 15.3. The second-order valence-electron chi connectivity index (χ2n) is 11.9. The van der Waals surface area contributed by atoms with Gasteiger partial charge in [-0.3, -0.25) is 0 Å². The van der Waals surface area contributed by atoms with Gasteiger partial charge in [-0.15, -0.1) is 6.58 Å². The van der Waals surface area contributed by atoms with E-state index in [9.17, 15) is 0 Å². The average Bonchev–Trinajstić information content (AvgIpc) is 3.45. The van der Waals surface area contributed by atoms with Gasteiger partial charge in [0, 0.05) is 28.5 Å². The Kier molecular flexibility index (Phi) is 7.57. The molecule has 0 aliphatic carbocycles. The van der Waals surface area contributed by atoms with E-state index in [1.165, 1.54) is 0 Å². The predicted octanol–water partition coefficient (Wildman–Crippen LogP) is 6.27. The predicted molar refractivity (Wildman–Crippen MR) is 135 cm³/mol. The topological polar surface area (TPSA) is 49.5 Å². The van der Waals surface area contributed by atoms with Crippen LogP contribution >= 0.6 is 0 Å². The van der Waals surface area contributed by atoms with Crippen molar-refractivity contribution < 1.29 is 23.1 Å². The summed E-state index contributed by atoms with van der Waals surface area (Å²) in [5, 5.41) is -0.132. The third-order valence-electron chi connectivity index (χ3n) is 7.22. The van der Waals surface area contributed by atoms with Gasteiger partial charge in [-0.2, -0.15) is 0 Å². The fourth-order valence-electron chi connectivity index (χ4n) is 5.57. The van der Waals surface area contributed by atoms with E-state index in [1.54, 1.807) is 7.11 Å². The van der Waals surface area contributed by atoms with Crippen molar-refractivity contribution in [1.82, 2.24) is 0 Å². The van der Waals surface area contributed by atoms with Crippen LogP contribution in [-0.4, -0.2) is 46.7 Å². The molecule has 186 valence electrons. The van der Waals surface area contributed by atoms with Crippen molar-refractivity contribution in [3.8, 4) is 5.75 Å². The van der Waals surface area contributed by atoms with Crippen molar-refractivity contribution in [3.05, 3.63) is 42.5 Å². The lowest BCUT2D eigenvalue weighted by Gasteiger charge is -2.55. The molecule has 5 nitrogen and oxygen atoms in total. The second kappa shape index (κ2) is 9.46. The van der Waals surface area contributed by atoms with Crippen molar-refractivity contribution in [2.45, 2.75) is 89.9 Å². The Morgan fingerprint density at radius 3 is 2.27 bits per heavy atom. The first-order valence-electron chi connectivity index (χ1n) is 12.1. The molecule has 0 unspecified atom stereocenters. The van der Waals surface area contributed by atoms with Crippen LogP contribution in [0.1, 0.15) is 61.0 Å². The molecule has 0 N–H and O–H groups in total. The Morgan fingerprint density at radius 2 is 1.76 bits per heavy atom. The number of rotatable bonds is 8. The molecular weight excluding hydrogens is 432 g/mol. The number of epoxide rings is 1. The highest BCUT2D eigenvalue weighted by Gasteiger charge is 2.69. The molecule has 2 saturated heterocycles. The molecule has 1 aromatic rings. The molecule has 5 atom stereocenters. The van der Waals surface area contributed by atoms with E-state index >= 15 is 0 Å². The van der Waals surface area contributed by atoms with Crippen LogP contribution in [0.5, 0.6) is 5.75 Å². The van der Waals surface area contributed by atoms with Crippen LogP contribution < -0.4 is 4.74 Å². The number of methoxy groups -OCH3 is 1. The first kappa shape index (κ1) is 26.4. The fourth-order valence-corrected chi connectivity index (χ4v) is 10.7. The third kappa shape index (κ3) is 5.10. The number of benzene rings is 1. The van der Waals surface area contributed by atoms with Crippen molar-refractivity contribution in [2.24, 2.45) is 11.8 Å². The maximum Gasteiger partial charge on any atom is 0.349 e. The molecular formula is C27H44O5Si. The Labute approximate surface area is 202 Å². The SMILES string of the molecule is C=C[C@H]1CO[Si](C(C)(C)C)(C(C)(C)C)O[C@@H]1[C@@]1(C)O[C@@H]1[C@@H](C)COCc1ccc(OC)cc1. The minimum absolute atomic E-state index is 0.0660. The molecule has 0 radical (unpaired) electrons. The molecule has 0 amide bonds. The van der Waals surface area contributed by atoms with E-state index in [4.69, 9.17) is 23.1 Å². The van der Waals surface area contributed by atoms with Crippen LogP contribution in [-0.2, 0) is 24.9 Å². The Hall–Kier alpha value is -1.18. The van der Waals surface area contributed by atoms with Gasteiger partial charge in [0.25, 0.3) is 0 Å². The van der Waals surface area contributed by atoms with Crippen molar-refractivity contribution in [1.29, 1.82) is 0 Å². The van der Waals surface area contributed by atoms with Crippen molar-refractivity contribution in [2.75, 3.05) is 20.3 Å². The van der Waals surface area contributed by atoms with Crippen LogP contribution in [0.3, 0.4) is 0 Å². The molecule has 1 aromatic carbocycles. The van der Waals surface area contributed by atoms with E-state index in [0.717, 1.165) is 11.3 Å².